The number of hydrogen-bond donors (Lipinski definition) is 0. The van der Waals surface area contributed by atoms with Crippen LogP contribution in [0.3, 0.4) is 0 Å². The molecule has 0 N–H and O–H groups in total. The van der Waals surface area contributed by atoms with Crippen molar-refractivity contribution in [2.24, 2.45) is 17.8 Å². The van der Waals surface area contributed by atoms with Crippen molar-refractivity contribution in [3.8, 4) is 5.75 Å². The van der Waals surface area contributed by atoms with Crippen LogP contribution in [0.4, 0.5) is 8.78 Å². The SMILES string of the molecule is CCCC1CCC(C2CCC(c3cc(F)c(OC)c(F)c3)CC2)CC1. The molecule has 2 aliphatic rings. The summed E-state index contributed by atoms with van der Waals surface area (Å²) in [6, 6.07) is 2.95. The molecule has 0 unspecified atom stereocenters. The van der Waals surface area contributed by atoms with E-state index in [1.165, 1.54) is 70.6 Å². The summed E-state index contributed by atoms with van der Waals surface area (Å²) < 4.78 is 32.7. The molecule has 140 valence electrons. The van der Waals surface area contributed by atoms with Gasteiger partial charge in [-0.1, -0.05) is 32.6 Å². The molecular formula is C22H32F2O. The van der Waals surface area contributed by atoms with E-state index >= 15 is 0 Å². The van der Waals surface area contributed by atoms with Gasteiger partial charge in [-0.3, -0.25) is 0 Å². The highest BCUT2D eigenvalue weighted by atomic mass is 19.1. The van der Waals surface area contributed by atoms with E-state index in [2.05, 4.69) is 6.92 Å². The standard InChI is InChI=1S/C22H32F2O/c1-3-4-15-5-7-16(8-6-15)17-9-11-18(12-10-17)19-13-20(23)22(25-2)21(24)14-19/h13-18H,3-12H2,1-2H3. The van der Waals surface area contributed by atoms with Crippen LogP contribution >= 0.6 is 0 Å². The first-order valence-corrected chi connectivity index (χ1v) is 10.1. The van der Waals surface area contributed by atoms with Crippen LogP contribution in [-0.2, 0) is 0 Å². The van der Waals surface area contributed by atoms with Crippen LogP contribution in [-0.4, -0.2) is 7.11 Å². The van der Waals surface area contributed by atoms with Gasteiger partial charge in [0.05, 0.1) is 7.11 Å². The monoisotopic (exact) mass is 350 g/mol. The third-order valence-corrected chi connectivity index (χ3v) is 6.72. The summed E-state index contributed by atoms with van der Waals surface area (Å²) in [5.41, 5.74) is 0.806. The summed E-state index contributed by atoms with van der Waals surface area (Å²) in [6.07, 6.45) is 12.9. The average molecular weight is 350 g/mol. The maximum absolute atomic E-state index is 14.0. The molecule has 1 aromatic rings. The van der Waals surface area contributed by atoms with Gasteiger partial charge in [0.2, 0.25) is 0 Å². The molecule has 2 fully saturated rings. The zero-order valence-corrected chi connectivity index (χ0v) is 15.7. The molecule has 0 heterocycles. The van der Waals surface area contributed by atoms with Gasteiger partial charge in [-0.15, -0.1) is 0 Å². The smallest absolute Gasteiger partial charge is 0.190 e. The lowest BCUT2D eigenvalue weighted by molar-refractivity contribution is 0.156. The minimum Gasteiger partial charge on any atom is -0.491 e. The van der Waals surface area contributed by atoms with E-state index in [0.29, 0.717) is 5.92 Å². The summed E-state index contributed by atoms with van der Waals surface area (Å²) in [5, 5.41) is 0. The normalized spacial score (nSPS) is 30.2. The molecule has 0 amide bonds. The van der Waals surface area contributed by atoms with Gasteiger partial charge < -0.3 is 4.74 Å². The van der Waals surface area contributed by atoms with Gasteiger partial charge in [0.1, 0.15) is 0 Å². The summed E-state index contributed by atoms with van der Waals surface area (Å²) in [6.45, 7) is 2.29. The minimum atomic E-state index is -0.575. The van der Waals surface area contributed by atoms with Crippen molar-refractivity contribution >= 4 is 0 Å². The fourth-order valence-electron chi connectivity index (χ4n) is 5.29. The maximum Gasteiger partial charge on any atom is 0.190 e. The molecule has 0 atom stereocenters. The molecule has 0 bridgehead atoms. The van der Waals surface area contributed by atoms with E-state index in [9.17, 15) is 8.78 Å². The second kappa shape index (κ2) is 8.51. The van der Waals surface area contributed by atoms with E-state index in [-0.39, 0.29) is 5.75 Å². The number of halogens is 2. The third kappa shape index (κ3) is 4.35. The van der Waals surface area contributed by atoms with E-state index in [0.717, 1.165) is 36.2 Å². The van der Waals surface area contributed by atoms with Crippen LogP contribution in [0.1, 0.15) is 82.6 Å². The fraction of sp³-hybridized carbons (Fsp3) is 0.727. The van der Waals surface area contributed by atoms with Crippen molar-refractivity contribution in [2.45, 2.75) is 77.0 Å². The second-order valence-corrected chi connectivity index (χ2v) is 8.20. The Hall–Kier alpha value is -1.12. The molecule has 0 radical (unpaired) electrons. The van der Waals surface area contributed by atoms with E-state index < -0.39 is 11.6 Å². The number of benzene rings is 1. The lowest BCUT2D eigenvalue weighted by atomic mass is 9.68. The molecule has 0 aromatic heterocycles. The van der Waals surface area contributed by atoms with Crippen LogP contribution in [0.5, 0.6) is 5.75 Å². The van der Waals surface area contributed by atoms with Gasteiger partial charge in [-0.2, -0.15) is 0 Å². The van der Waals surface area contributed by atoms with Crippen molar-refractivity contribution in [3.05, 3.63) is 29.3 Å². The number of rotatable bonds is 5. The highest BCUT2D eigenvalue weighted by molar-refractivity contribution is 5.33. The van der Waals surface area contributed by atoms with Gasteiger partial charge in [0.25, 0.3) is 0 Å². The predicted molar refractivity (Wildman–Crippen MR) is 98.0 cm³/mol. The van der Waals surface area contributed by atoms with Gasteiger partial charge in [0.15, 0.2) is 17.4 Å². The topological polar surface area (TPSA) is 9.23 Å². The summed E-state index contributed by atoms with van der Waals surface area (Å²) >= 11 is 0. The number of ether oxygens (including phenoxy) is 1. The summed E-state index contributed by atoms with van der Waals surface area (Å²) in [4.78, 5) is 0. The Morgan fingerprint density at radius 1 is 0.880 bits per heavy atom. The van der Waals surface area contributed by atoms with Crippen molar-refractivity contribution in [1.82, 2.24) is 0 Å². The highest BCUT2D eigenvalue weighted by Crippen LogP contribution is 2.45. The Morgan fingerprint density at radius 2 is 1.40 bits per heavy atom. The quantitative estimate of drug-likeness (QED) is 0.564. The van der Waals surface area contributed by atoms with Crippen molar-refractivity contribution in [1.29, 1.82) is 0 Å². The van der Waals surface area contributed by atoms with Crippen LogP contribution in [0.2, 0.25) is 0 Å². The molecule has 3 heteroatoms. The Bertz CT molecular complexity index is 532. The van der Waals surface area contributed by atoms with E-state index in [1.807, 2.05) is 0 Å². The van der Waals surface area contributed by atoms with Crippen molar-refractivity contribution in [2.75, 3.05) is 7.11 Å². The average Bonchev–Trinajstić information content (AvgIpc) is 2.62. The summed E-state index contributed by atoms with van der Waals surface area (Å²) in [5.74, 6) is 1.56. The van der Waals surface area contributed by atoms with Crippen molar-refractivity contribution < 1.29 is 13.5 Å². The molecule has 2 aliphatic carbocycles. The van der Waals surface area contributed by atoms with E-state index in [4.69, 9.17) is 4.74 Å². The lowest BCUT2D eigenvalue weighted by Crippen LogP contribution is -2.25. The fourth-order valence-corrected chi connectivity index (χ4v) is 5.29. The Balaban J connectivity index is 1.54. The molecule has 2 saturated carbocycles. The molecule has 0 saturated heterocycles. The molecule has 3 rings (SSSR count). The second-order valence-electron chi connectivity index (χ2n) is 8.20. The Kier molecular flexibility index (Phi) is 6.35. The Labute approximate surface area is 151 Å². The van der Waals surface area contributed by atoms with Crippen LogP contribution in [0.15, 0.2) is 12.1 Å². The zero-order valence-electron chi connectivity index (χ0n) is 15.7. The molecule has 1 aromatic carbocycles. The zero-order chi connectivity index (χ0) is 17.8. The minimum absolute atomic E-state index is 0.263. The third-order valence-electron chi connectivity index (χ3n) is 6.72. The molecule has 25 heavy (non-hydrogen) atoms. The van der Waals surface area contributed by atoms with Gasteiger partial charge in [-0.25, -0.2) is 8.78 Å². The molecular weight excluding hydrogens is 318 g/mol. The number of methoxy groups -OCH3 is 1. The molecule has 1 nitrogen and oxygen atoms in total. The van der Waals surface area contributed by atoms with Crippen LogP contribution in [0, 0.1) is 29.4 Å². The first kappa shape index (κ1) is 18.7. The van der Waals surface area contributed by atoms with E-state index in [1.54, 1.807) is 0 Å². The number of hydrogen-bond acceptors (Lipinski definition) is 1. The lowest BCUT2D eigenvalue weighted by Gasteiger charge is -2.38. The predicted octanol–water partition coefficient (Wildman–Crippen LogP) is 6.85. The Morgan fingerprint density at radius 3 is 1.88 bits per heavy atom. The maximum atomic E-state index is 14.0. The van der Waals surface area contributed by atoms with Crippen LogP contribution < -0.4 is 4.74 Å². The van der Waals surface area contributed by atoms with Gasteiger partial charge in [0, 0.05) is 0 Å². The van der Waals surface area contributed by atoms with Crippen molar-refractivity contribution in [3.63, 3.8) is 0 Å². The largest absolute Gasteiger partial charge is 0.491 e. The first-order valence-electron chi connectivity index (χ1n) is 10.1. The van der Waals surface area contributed by atoms with Crippen LogP contribution in [0.25, 0.3) is 0 Å². The van der Waals surface area contributed by atoms with Gasteiger partial charge >= 0.3 is 0 Å². The highest BCUT2D eigenvalue weighted by Gasteiger charge is 2.31. The first-order chi connectivity index (χ1) is 12.1. The summed E-state index contributed by atoms with van der Waals surface area (Å²) in [7, 11) is 1.31. The molecule has 0 spiro atoms. The van der Waals surface area contributed by atoms with Gasteiger partial charge in [-0.05, 0) is 79.9 Å². The molecule has 0 aliphatic heterocycles.